The molecule has 6 nitrogen and oxygen atoms in total. The maximum absolute atomic E-state index is 11.9. The summed E-state index contributed by atoms with van der Waals surface area (Å²) in [6.45, 7) is 3.54. The van der Waals surface area contributed by atoms with Gasteiger partial charge in [0.25, 0.3) is 0 Å². The average molecular weight is 283 g/mol. The Bertz CT molecular complexity index is 481. The minimum atomic E-state index is -0.969. The molecule has 19 heavy (non-hydrogen) atoms. The summed E-state index contributed by atoms with van der Waals surface area (Å²) in [6, 6.07) is -0.0931. The second kappa shape index (κ2) is 6.01. The summed E-state index contributed by atoms with van der Waals surface area (Å²) in [6.07, 6.45) is 3.28. The lowest BCUT2D eigenvalue weighted by atomic mass is 10.1. The summed E-state index contributed by atoms with van der Waals surface area (Å²) in [5, 5.41) is 12.4. The van der Waals surface area contributed by atoms with Gasteiger partial charge in [-0.25, -0.2) is 14.6 Å². The molecule has 1 aromatic heterocycles. The number of nitrogens with zero attached hydrogens (tertiary/aromatic N) is 2. The molecular formula is C12H17N3O3S. The third-order valence-electron chi connectivity index (χ3n) is 3.07. The topological polar surface area (TPSA) is 82.5 Å². The van der Waals surface area contributed by atoms with Crippen LogP contribution < -0.4 is 5.32 Å². The fourth-order valence-electron chi connectivity index (χ4n) is 2.09. The van der Waals surface area contributed by atoms with E-state index in [1.165, 1.54) is 6.42 Å². The number of carbonyl (C=O) groups is 2. The van der Waals surface area contributed by atoms with Crippen LogP contribution in [0.5, 0.6) is 0 Å². The number of urea groups is 1. The number of likely N-dealkylation sites (tertiary alicyclic amines) is 1. The van der Waals surface area contributed by atoms with Crippen LogP contribution in [0.25, 0.3) is 0 Å². The summed E-state index contributed by atoms with van der Waals surface area (Å²) in [5.41, 5.74) is 0.500. The lowest BCUT2D eigenvalue weighted by Crippen LogP contribution is -2.42. The first-order valence-corrected chi connectivity index (χ1v) is 7.12. The van der Waals surface area contributed by atoms with E-state index in [2.05, 4.69) is 10.3 Å². The monoisotopic (exact) mass is 283 g/mol. The van der Waals surface area contributed by atoms with Gasteiger partial charge in [0.15, 0.2) is 0 Å². The molecule has 0 spiro atoms. The van der Waals surface area contributed by atoms with Crippen LogP contribution in [0.4, 0.5) is 4.79 Å². The Balaban J connectivity index is 1.89. The third kappa shape index (κ3) is 3.44. The molecule has 0 atom stereocenters. The van der Waals surface area contributed by atoms with Gasteiger partial charge in [0.05, 0.1) is 12.2 Å². The van der Waals surface area contributed by atoms with E-state index in [1.54, 1.807) is 11.8 Å². The van der Waals surface area contributed by atoms with E-state index in [0.29, 0.717) is 10.7 Å². The number of aryl methyl sites for hydroxylation is 1. The molecule has 0 unspecified atom stereocenters. The van der Waals surface area contributed by atoms with Crippen molar-refractivity contribution in [3.05, 3.63) is 15.6 Å². The standard InChI is InChI=1S/C12H17N3O3S/c1-8-10(11(16)17)19-9(14-8)7-13-12(18)15-5-3-2-4-6-15/h2-7H2,1H3,(H,13,18)(H,16,17). The molecule has 2 rings (SSSR count). The first kappa shape index (κ1) is 13.8. The van der Waals surface area contributed by atoms with Crippen molar-refractivity contribution >= 4 is 23.3 Å². The minimum absolute atomic E-state index is 0.0931. The number of amides is 2. The Hall–Kier alpha value is -1.63. The van der Waals surface area contributed by atoms with Crippen molar-refractivity contribution in [2.45, 2.75) is 32.7 Å². The predicted octanol–water partition coefficient (Wildman–Crippen LogP) is 1.85. The van der Waals surface area contributed by atoms with Crippen LogP contribution in [-0.4, -0.2) is 40.1 Å². The van der Waals surface area contributed by atoms with Gasteiger partial charge in [-0.05, 0) is 26.2 Å². The van der Waals surface area contributed by atoms with Crippen molar-refractivity contribution in [3.8, 4) is 0 Å². The maximum Gasteiger partial charge on any atom is 0.347 e. The quantitative estimate of drug-likeness (QED) is 0.886. The van der Waals surface area contributed by atoms with Gasteiger partial charge in [0.2, 0.25) is 0 Å². The van der Waals surface area contributed by atoms with E-state index < -0.39 is 5.97 Å². The summed E-state index contributed by atoms with van der Waals surface area (Å²) in [7, 11) is 0. The number of aromatic carboxylic acids is 1. The van der Waals surface area contributed by atoms with Crippen molar-refractivity contribution in [2.24, 2.45) is 0 Å². The third-order valence-corrected chi connectivity index (χ3v) is 4.21. The van der Waals surface area contributed by atoms with Crippen LogP contribution in [0.3, 0.4) is 0 Å². The fraction of sp³-hybridized carbons (Fsp3) is 0.583. The highest BCUT2D eigenvalue weighted by atomic mass is 32.1. The lowest BCUT2D eigenvalue weighted by Gasteiger charge is -2.26. The molecule has 1 aromatic rings. The highest BCUT2D eigenvalue weighted by Gasteiger charge is 2.18. The number of hydrogen-bond acceptors (Lipinski definition) is 4. The zero-order valence-corrected chi connectivity index (χ0v) is 11.6. The number of aromatic nitrogens is 1. The van der Waals surface area contributed by atoms with E-state index in [9.17, 15) is 9.59 Å². The van der Waals surface area contributed by atoms with Crippen molar-refractivity contribution in [3.63, 3.8) is 0 Å². The first-order valence-electron chi connectivity index (χ1n) is 6.30. The van der Waals surface area contributed by atoms with E-state index in [4.69, 9.17) is 5.11 Å². The van der Waals surface area contributed by atoms with Crippen molar-refractivity contribution in [1.82, 2.24) is 15.2 Å². The summed E-state index contributed by atoms with van der Waals surface area (Å²) in [4.78, 5) is 29.0. The van der Waals surface area contributed by atoms with Gasteiger partial charge in [0, 0.05) is 13.1 Å². The number of piperidine rings is 1. The maximum atomic E-state index is 11.9. The van der Waals surface area contributed by atoms with E-state index in [0.717, 1.165) is 37.3 Å². The SMILES string of the molecule is Cc1nc(CNC(=O)N2CCCCC2)sc1C(=O)O. The molecule has 104 valence electrons. The van der Waals surface area contributed by atoms with Gasteiger partial charge in [-0.1, -0.05) is 0 Å². The number of carboxylic acids is 1. The smallest absolute Gasteiger partial charge is 0.347 e. The molecule has 2 N–H and O–H groups in total. The van der Waals surface area contributed by atoms with Gasteiger partial charge < -0.3 is 15.3 Å². The molecular weight excluding hydrogens is 266 g/mol. The van der Waals surface area contributed by atoms with Gasteiger partial charge in [-0.2, -0.15) is 0 Å². The van der Waals surface area contributed by atoms with E-state index in [-0.39, 0.29) is 17.5 Å². The molecule has 0 radical (unpaired) electrons. The average Bonchev–Trinajstić information content (AvgIpc) is 2.78. The number of carboxylic acid groups (broad SMARTS) is 1. The molecule has 0 aromatic carbocycles. The number of thiazole rings is 1. The number of carbonyl (C=O) groups excluding carboxylic acids is 1. The predicted molar refractivity (Wildman–Crippen MR) is 71.5 cm³/mol. The molecule has 2 amide bonds. The van der Waals surface area contributed by atoms with Crippen LogP contribution in [0.2, 0.25) is 0 Å². The Morgan fingerprint density at radius 2 is 2.05 bits per heavy atom. The van der Waals surface area contributed by atoms with Crippen LogP contribution in [0, 0.1) is 6.92 Å². The Kier molecular flexibility index (Phi) is 4.36. The minimum Gasteiger partial charge on any atom is -0.477 e. The Labute approximate surface area is 115 Å². The van der Waals surface area contributed by atoms with E-state index in [1.807, 2.05) is 0 Å². The molecule has 1 aliphatic rings. The summed E-state index contributed by atoms with van der Waals surface area (Å²) < 4.78 is 0. The highest BCUT2D eigenvalue weighted by molar-refractivity contribution is 7.13. The van der Waals surface area contributed by atoms with Crippen molar-refractivity contribution in [2.75, 3.05) is 13.1 Å². The fourth-order valence-corrected chi connectivity index (χ4v) is 2.93. The zero-order chi connectivity index (χ0) is 13.8. The molecule has 1 saturated heterocycles. The molecule has 7 heteroatoms. The number of nitrogens with one attached hydrogen (secondary N) is 1. The largest absolute Gasteiger partial charge is 0.477 e. The molecule has 1 aliphatic heterocycles. The lowest BCUT2D eigenvalue weighted by molar-refractivity contribution is 0.0701. The second-order valence-electron chi connectivity index (χ2n) is 4.53. The van der Waals surface area contributed by atoms with Gasteiger partial charge >= 0.3 is 12.0 Å². The van der Waals surface area contributed by atoms with Crippen molar-refractivity contribution < 1.29 is 14.7 Å². The zero-order valence-electron chi connectivity index (χ0n) is 10.8. The van der Waals surface area contributed by atoms with Crippen LogP contribution in [-0.2, 0) is 6.54 Å². The molecule has 0 bridgehead atoms. The van der Waals surface area contributed by atoms with Gasteiger partial charge in [-0.3, -0.25) is 0 Å². The number of hydrogen-bond donors (Lipinski definition) is 2. The van der Waals surface area contributed by atoms with Gasteiger partial charge in [0.1, 0.15) is 9.88 Å². The molecule has 0 aliphatic carbocycles. The second-order valence-corrected chi connectivity index (χ2v) is 5.62. The van der Waals surface area contributed by atoms with E-state index >= 15 is 0 Å². The number of rotatable bonds is 3. The first-order chi connectivity index (χ1) is 9.08. The van der Waals surface area contributed by atoms with Gasteiger partial charge in [-0.15, -0.1) is 11.3 Å². The van der Waals surface area contributed by atoms with Crippen LogP contribution in [0.1, 0.15) is 39.6 Å². The van der Waals surface area contributed by atoms with Crippen LogP contribution >= 0.6 is 11.3 Å². The summed E-state index contributed by atoms with van der Waals surface area (Å²) >= 11 is 1.11. The highest BCUT2D eigenvalue weighted by Crippen LogP contribution is 2.18. The van der Waals surface area contributed by atoms with Crippen molar-refractivity contribution in [1.29, 1.82) is 0 Å². The molecule has 0 saturated carbocycles. The summed E-state index contributed by atoms with van der Waals surface area (Å²) in [5.74, 6) is -0.969. The normalized spacial score (nSPS) is 15.3. The van der Waals surface area contributed by atoms with Crippen LogP contribution in [0.15, 0.2) is 0 Å². The molecule has 1 fully saturated rings. The molecule has 2 heterocycles. The Morgan fingerprint density at radius 1 is 1.37 bits per heavy atom. The Morgan fingerprint density at radius 3 is 2.63 bits per heavy atom.